The average molecular weight is 350 g/mol. The van der Waals surface area contributed by atoms with Gasteiger partial charge in [0.1, 0.15) is 11.6 Å². The summed E-state index contributed by atoms with van der Waals surface area (Å²) in [6.45, 7) is 4.37. The van der Waals surface area contributed by atoms with E-state index in [0.29, 0.717) is 12.4 Å². The summed E-state index contributed by atoms with van der Waals surface area (Å²) in [6.07, 6.45) is 0. The van der Waals surface area contributed by atoms with Gasteiger partial charge in [0, 0.05) is 12.2 Å². The number of carbonyl (C=O) groups is 1. The van der Waals surface area contributed by atoms with Crippen LogP contribution in [0.4, 0.5) is 15.9 Å². The molecular formula is C20H19FN4O. The highest BCUT2D eigenvalue weighted by Crippen LogP contribution is 2.20. The molecule has 26 heavy (non-hydrogen) atoms. The number of para-hydroxylation sites is 1. The summed E-state index contributed by atoms with van der Waals surface area (Å²) < 4.78 is 12.9. The monoisotopic (exact) mass is 350 g/mol. The molecule has 1 heterocycles. The summed E-state index contributed by atoms with van der Waals surface area (Å²) in [5.74, 6) is -0.0364. The predicted molar refractivity (Wildman–Crippen MR) is 99.6 cm³/mol. The highest BCUT2D eigenvalue weighted by Gasteiger charge is 2.11. The van der Waals surface area contributed by atoms with Gasteiger partial charge in [-0.2, -0.15) is 0 Å². The first-order chi connectivity index (χ1) is 12.5. The molecule has 0 atom stereocenters. The van der Waals surface area contributed by atoms with Crippen LogP contribution in [0.3, 0.4) is 0 Å². The number of rotatable bonds is 5. The fraction of sp³-hybridized carbons (Fsp3) is 0.150. The average Bonchev–Trinajstić information content (AvgIpc) is 2.65. The van der Waals surface area contributed by atoms with Crippen molar-refractivity contribution in [3.63, 3.8) is 0 Å². The van der Waals surface area contributed by atoms with Crippen molar-refractivity contribution in [3.05, 3.63) is 82.8 Å². The number of benzene rings is 2. The van der Waals surface area contributed by atoms with E-state index in [1.54, 1.807) is 24.3 Å². The van der Waals surface area contributed by atoms with E-state index in [9.17, 15) is 9.18 Å². The molecule has 1 amide bonds. The van der Waals surface area contributed by atoms with Gasteiger partial charge in [-0.25, -0.2) is 4.39 Å². The Bertz CT molecular complexity index is 888. The number of carbonyl (C=O) groups excluding carboxylic acids is 1. The maximum Gasteiger partial charge on any atom is 0.276 e. The van der Waals surface area contributed by atoms with Gasteiger partial charge in [-0.05, 0) is 54.8 Å². The van der Waals surface area contributed by atoms with E-state index in [-0.39, 0.29) is 17.4 Å². The van der Waals surface area contributed by atoms with Crippen molar-refractivity contribution in [3.8, 4) is 0 Å². The Kier molecular flexibility index (Phi) is 5.22. The van der Waals surface area contributed by atoms with Crippen LogP contribution in [-0.2, 0) is 6.54 Å². The number of nitrogens with zero attached hydrogens (tertiary/aromatic N) is 2. The second-order valence-electron chi connectivity index (χ2n) is 6.00. The summed E-state index contributed by atoms with van der Waals surface area (Å²) in [5.41, 5.74) is 3.93. The number of hydrogen-bond donors (Lipinski definition) is 2. The lowest BCUT2D eigenvalue weighted by atomic mass is 10.1. The van der Waals surface area contributed by atoms with E-state index in [2.05, 4.69) is 20.8 Å². The molecule has 0 unspecified atom stereocenters. The van der Waals surface area contributed by atoms with Crippen molar-refractivity contribution in [2.45, 2.75) is 20.4 Å². The Hall–Kier alpha value is -3.28. The first-order valence-corrected chi connectivity index (χ1v) is 8.22. The molecule has 6 heteroatoms. The molecule has 0 fully saturated rings. The molecule has 3 rings (SSSR count). The number of hydrogen-bond acceptors (Lipinski definition) is 4. The summed E-state index contributed by atoms with van der Waals surface area (Å²) in [4.78, 5) is 12.4. The van der Waals surface area contributed by atoms with Gasteiger partial charge < -0.3 is 10.6 Å². The van der Waals surface area contributed by atoms with Crippen molar-refractivity contribution in [2.75, 3.05) is 10.6 Å². The first-order valence-electron chi connectivity index (χ1n) is 8.22. The van der Waals surface area contributed by atoms with Crippen LogP contribution in [0.1, 0.15) is 27.2 Å². The number of anilines is 2. The Morgan fingerprint density at radius 3 is 2.27 bits per heavy atom. The zero-order valence-corrected chi connectivity index (χ0v) is 14.6. The highest BCUT2D eigenvalue weighted by atomic mass is 19.1. The van der Waals surface area contributed by atoms with Crippen LogP contribution in [0.25, 0.3) is 0 Å². The molecule has 0 bridgehead atoms. The molecule has 1 aromatic heterocycles. The third-order valence-electron chi connectivity index (χ3n) is 4.00. The lowest BCUT2D eigenvalue weighted by molar-refractivity contribution is 0.102. The van der Waals surface area contributed by atoms with Crippen molar-refractivity contribution in [2.24, 2.45) is 0 Å². The summed E-state index contributed by atoms with van der Waals surface area (Å²) >= 11 is 0. The number of aromatic nitrogens is 2. The van der Waals surface area contributed by atoms with Crippen LogP contribution >= 0.6 is 0 Å². The van der Waals surface area contributed by atoms with Crippen LogP contribution in [0.5, 0.6) is 0 Å². The van der Waals surface area contributed by atoms with Crippen LogP contribution in [0, 0.1) is 19.7 Å². The fourth-order valence-corrected chi connectivity index (χ4v) is 2.53. The minimum Gasteiger partial charge on any atom is -0.365 e. The van der Waals surface area contributed by atoms with Gasteiger partial charge in [0.15, 0.2) is 5.69 Å². The lowest BCUT2D eigenvalue weighted by Gasteiger charge is -2.11. The SMILES string of the molecule is Cc1cccc(C)c1NC(=O)c1ccc(NCc2ccc(F)cc2)nn1. The molecule has 0 saturated carbocycles. The smallest absolute Gasteiger partial charge is 0.276 e. The summed E-state index contributed by atoms with van der Waals surface area (Å²) in [6, 6.07) is 15.3. The minimum absolute atomic E-state index is 0.236. The summed E-state index contributed by atoms with van der Waals surface area (Å²) in [5, 5.41) is 14.0. The topological polar surface area (TPSA) is 66.9 Å². The van der Waals surface area contributed by atoms with Crippen LogP contribution in [0.2, 0.25) is 0 Å². The van der Waals surface area contributed by atoms with E-state index in [1.165, 1.54) is 12.1 Å². The molecule has 2 aromatic carbocycles. The quantitative estimate of drug-likeness (QED) is 0.727. The molecule has 3 aromatic rings. The van der Waals surface area contributed by atoms with E-state index < -0.39 is 0 Å². The Labute approximate surface area is 151 Å². The van der Waals surface area contributed by atoms with E-state index in [4.69, 9.17) is 0 Å². The van der Waals surface area contributed by atoms with E-state index >= 15 is 0 Å². The van der Waals surface area contributed by atoms with Crippen LogP contribution in [-0.4, -0.2) is 16.1 Å². The van der Waals surface area contributed by atoms with Crippen LogP contribution in [0.15, 0.2) is 54.6 Å². The van der Waals surface area contributed by atoms with E-state index in [1.807, 2.05) is 32.0 Å². The van der Waals surface area contributed by atoms with Gasteiger partial charge in [0.25, 0.3) is 5.91 Å². The zero-order chi connectivity index (χ0) is 18.5. The van der Waals surface area contributed by atoms with Crippen molar-refractivity contribution >= 4 is 17.4 Å². The Morgan fingerprint density at radius 2 is 1.65 bits per heavy atom. The predicted octanol–water partition coefficient (Wildman–Crippen LogP) is 4.10. The first kappa shape index (κ1) is 17.5. The van der Waals surface area contributed by atoms with Crippen LogP contribution < -0.4 is 10.6 Å². The fourth-order valence-electron chi connectivity index (χ4n) is 2.53. The molecule has 5 nitrogen and oxygen atoms in total. The zero-order valence-electron chi connectivity index (χ0n) is 14.6. The van der Waals surface area contributed by atoms with Gasteiger partial charge in [-0.3, -0.25) is 4.79 Å². The third kappa shape index (κ3) is 4.22. The highest BCUT2D eigenvalue weighted by molar-refractivity contribution is 6.03. The second kappa shape index (κ2) is 7.74. The molecule has 0 radical (unpaired) electrons. The molecule has 0 saturated heterocycles. The van der Waals surface area contributed by atoms with E-state index in [0.717, 1.165) is 22.4 Å². The van der Waals surface area contributed by atoms with Crippen molar-refractivity contribution < 1.29 is 9.18 Å². The van der Waals surface area contributed by atoms with Gasteiger partial charge in [0.2, 0.25) is 0 Å². The minimum atomic E-state index is -0.306. The molecule has 0 aliphatic carbocycles. The summed E-state index contributed by atoms with van der Waals surface area (Å²) in [7, 11) is 0. The lowest BCUT2D eigenvalue weighted by Crippen LogP contribution is -2.16. The van der Waals surface area contributed by atoms with Gasteiger partial charge in [-0.1, -0.05) is 30.3 Å². The number of nitrogens with one attached hydrogen (secondary N) is 2. The molecule has 0 aliphatic heterocycles. The molecular weight excluding hydrogens is 331 g/mol. The van der Waals surface area contributed by atoms with Crippen molar-refractivity contribution in [1.29, 1.82) is 0 Å². The number of amides is 1. The second-order valence-corrected chi connectivity index (χ2v) is 6.00. The molecule has 0 aliphatic rings. The molecule has 0 spiro atoms. The largest absolute Gasteiger partial charge is 0.365 e. The standard InChI is InChI=1S/C20H19FN4O/c1-13-4-3-5-14(2)19(13)23-20(26)17-10-11-18(25-24-17)22-12-15-6-8-16(21)9-7-15/h3-11H,12H2,1-2H3,(H,22,25)(H,23,26). The molecule has 2 N–H and O–H groups in total. The number of halogens is 1. The maximum atomic E-state index is 12.9. The Balaban J connectivity index is 1.63. The number of aryl methyl sites for hydroxylation is 2. The van der Waals surface area contributed by atoms with Crippen molar-refractivity contribution in [1.82, 2.24) is 10.2 Å². The normalized spacial score (nSPS) is 10.4. The van der Waals surface area contributed by atoms with Gasteiger partial charge in [-0.15, -0.1) is 10.2 Å². The molecule has 132 valence electrons. The maximum absolute atomic E-state index is 12.9. The Morgan fingerprint density at radius 1 is 0.962 bits per heavy atom. The van der Waals surface area contributed by atoms with Gasteiger partial charge in [0.05, 0.1) is 0 Å². The van der Waals surface area contributed by atoms with Gasteiger partial charge >= 0.3 is 0 Å². The third-order valence-corrected chi connectivity index (χ3v) is 4.00.